The molecule has 0 amide bonds. The Bertz CT molecular complexity index is 1450. The van der Waals surface area contributed by atoms with Crippen molar-refractivity contribution in [1.29, 1.82) is 0 Å². The third-order valence-corrected chi connectivity index (χ3v) is 5.03. The van der Waals surface area contributed by atoms with Crippen LogP contribution in [0.1, 0.15) is 15.9 Å². The quantitative estimate of drug-likeness (QED) is 0.414. The third-order valence-electron chi connectivity index (χ3n) is 5.03. The molecule has 0 radical (unpaired) electrons. The van der Waals surface area contributed by atoms with E-state index >= 15 is 0 Å². The van der Waals surface area contributed by atoms with Gasteiger partial charge in [0.2, 0.25) is 0 Å². The smallest absolute Gasteiger partial charge is 0.340 e. The van der Waals surface area contributed by atoms with Gasteiger partial charge in [-0.3, -0.25) is 4.98 Å². The molecule has 0 fully saturated rings. The number of ether oxygens (including phenoxy) is 1. The molecule has 7 nitrogen and oxygen atoms in total. The lowest BCUT2D eigenvalue weighted by molar-refractivity contribution is 0.0595. The van der Waals surface area contributed by atoms with Gasteiger partial charge in [-0.2, -0.15) is 0 Å². The van der Waals surface area contributed by atoms with Gasteiger partial charge in [0.05, 0.1) is 30.4 Å². The van der Waals surface area contributed by atoms with Crippen LogP contribution in [0.3, 0.4) is 0 Å². The summed E-state index contributed by atoms with van der Waals surface area (Å²) < 4.78 is 20.4. The van der Waals surface area contributed by atoms with Crippen molar-refractivity contribution in [3.8, 4) is 11.3 Å². The van der Waals surface area contributed by atoms with Gasteiger partial charge in [-0.1, -0.05) is 17.3 Å². The van der Waals surface area contributed by atoms with Crippen LogP contribution in [0.5, 0.6) is 0 Å². The summed E-state index contributed by atoms with van der Waals surface area (Å²) >= 11 is 0. The number of methoxy groups -OCH3 is 1. The first kappa shape index (κ1) is 18.8. The Morgan fingerprint density at radius 3 is 2.81 bits per heavy atom. The minimum Gasteiger partial charge on any atom is -0.465 e. The zero-order chi connectivity index (χ0) is 21.4. The number of hydrogen-bond acceptors (Lipinski definition) is 6. The molecule has 2 aromatic carbocycles. The van der Waals surface area contributed by atoms with Gasteiger partial charge >= 0.3 is 5.97 Å². The summed E-state index contributed by atoms with van der Waals surface area (Å²) in [7, 11) is 1.21. The maximum atomic E-state index is 14.0. The van der Waals surface area contributed by atoms with Gasteiger partial charge in [0, 0.05) is 17.1 Å². The Morgan fingerprint density at radius 1 is 1.06 bits per heavy atom. The molecule has 3 aromatic heterocycles. The lowest BCUT2D eigenvalue weighted by Crippen LogP contribution is -2.05. The standard InChI is InChI=1S/C23H16FN5O2/c1-31-23(30)17-12-16(5-6-18(17)24)20-8-9-21-22(26-20)29(28-27-21)13-14-4-7-19-15(11-14)3-2-10-25-19/h2-12H,13H2,1H3. The number of halogens is 1. The molecule has 5 rings (SSSR count). The van der Waals surface area contributed by atoms with E-state index in [1.165, 1.54) is 19.2 Å². The van der Waals surface area contributed by atoms with Crippen molar-refractivity contribution in [1.82, 2.24) is 25.0 Å². The summed E-state index contributed by atoms with van der Waals surface area (Å²) in [4.78, 5) is 20.8. The van der Waals surface area contributed by atoms with Crippen LogP contribution in [0.2, 0.25) is 0 Å². The fourth-order valence-electron chi connectivity index (χ4n) is 3.47. The maximum Gasteiger partial charge on any atom is 0.340 e. The summed E-state index contributed by atoms with van der Waals surface area (Å²) in [5, 5.41) is 9.46. The monoisotopic (exact) mass is 413 g/mol. The Hall–Kier alpha value is -4.20. The fraction of sp³-hybridized carbons (Fsp3) is 0.0870. The third kappa shape index (κ3) is 3.48. The van der Waals surface area contributed by atoms with Crippen LogP contribution < -0.4 is 0 Å². The normalized spacial score (nSPS) is 11.2. The molecule has 31 heavy (non-hydrogen) atoms. The number of hydrogen-bond donors (Lipinski definition) is 0. The van der Waals surface area contributed by atoms with Gasteiger partial charge in [0.1, 0.15) is 11.3 Å². The van der Waals surface area contributed by atoms with Crippen LogP contribution >= 0.6 is 0 Å². The van der Waals surface area contributed by atoms with Crippen molar-refractivity contribution in [3.05, 3.63) is 83.8 Å². The molecular weight excluding hydrogens is 397 g/mol. The van der Waals surface area contributed by atoms with Crippen LogP contribution in [0.15, 0.2) is 66.9 Å². The Morgan fingerprint density at radius 2 is 1.94 bits per heavy atom. The number of esters is 1. The molecule has 0 aliphatic heterocycles. The first-order chi connectivity index (χ1) is 15.1. The molecule has 0 spiro atoms. The van der Waals surface area contributed by atoms with E-state index in [2.05, 4.69) is 31.1 Å². The molecule has 0 bridgehead atoms. The van der Waals surface area contributed by atoms with Crippen LogP contribution in [-0.2, 0) is 11.3 Å². The van der Waals surface area contributed by atoms with E-state index in [4.69, 9.17) is 0 Å². The Kier molecular flexibility index (Phi) is 4.59. The molecular formula is C23H16FN5O2. The predicted octanol–water partition coefficient (Wildman–Crippen LogP) is 4.02. The summed E-state index contributed by atoms with van der Waals surface area (Å²) in [6.07, 6.45) is 1.76. The Labute approximate surface area is 176 Å². The van der Waals surface area contributed by atoms with Crippen LogP contribution in [-0.4, -0.2) is 38.0 Å². The topological polar surface area (TPSA) is 82.8 Å². The van der Waals surface area contributed by atoms with Crippen LogP contribution in [0, 0.1) is 5.82 Å². The van der Waals surface area contributed by atoms with Crippen molar-refractivity contribution in [3.63, 3.8) is 0 Å². The highest BCUT2D eigenvalue weighted by atomic mass is 19.1. The lowest BCUT2D eigenvalue weighted by Gasteiger charge is -2.07. The highest BCUT2D eigenvalue weighted by Crippen LogP contribution is 2.24. The summed E-state index contributed by atoms with van der Waals surface area (Å²) in [5.41, 5.74) is 4.21. The van der Waals surface area contributed by atoms with Crippen LogP contribution in [0.4, 0.5) is 4.39 Å². The van der Waals surface area contributed by atoms with Gasteiger partial charge in [-0.25, -0.2) is 18.9 Å². The number of carbonyl (C=O) groups excluding carboxylic acids is 1. The molecule has 152 valence electrons. The van der Waals surface area contributed by atoms with Gasteiger partial charge < -0.3 is 4.74 Å². The van der Waals surface area contributed by atoms with E-state index in [-0.39, 0.29) is 5.56 Å². The molecule has 0 saturated heterocycles. The summed E-state index contributed by atoms with van der Waals surface area (Å²) in [5.74, 6) is -1.38. The van der Waals surface area contributed by atoms with E-state index in [1.807, 2.05) is 24.3 Å². The second-order valence-electron chi connectivity index (χ2n) is 7.00. The fourth-order valence-corrected chi connectivity index (χ4v) is 3.47. The first-order valence-corrected chi connectivity index (χ1v) is 9.54. The van der Waals surface area contributed by atoms with Crippen molar-refractivity contribution >= 4 is 28.0 Å². The second kappa shape index (κ2) is 7.56. The zero-order valence-electron chi connectivity index (χ0n) is 16.5. The van der Waals surface area contributed by atoms with Crippen molar-refractivity contribution in [2.75, 3.05) is 7.11 Å². The molecule has 5 aromatic rings. The van der Waals surface area contributed by atoms with E-state index in [0.29, 0.717) is 29.0 Å². The zero-order valence-corrected chi connectivity index (χ0v) is 16.5. The summed E-state index contributed by atoms with van der Waals surface area (Å²) in [6, 6.07) is 17.7. The average molecular weight is 413 g/mol. The van der Waals surface area contributed by atoms with Gasteiger partial charge in [-0.05, 0) is 54.1 Å². The molecule has 8 heteroatoms. The second-order valence-corrected chi connectivity index (χ2v) is 7.00. The molecule has 0 saturated carbocycles. The largest absolute Gasteiger partial charge is 0.465 e. The number of nitrogens with zero attached hydrogens (tertiary/aromatic N) is 5. The van der Waals surface area contributed by atoms with E-state index in [0.717, 1.165) is 16.5 Å². The van der Waals surface area contributed by atoms with Crippen molar-refractivity contribution in [2.45, 2.75) is 6.54 Å². The van der Waals surface area contributed by atoms with Crippen LogP contribution in [0.25, 0.3) is 33.3 Å². The summed E-state index contributed by atoms with van der Waals surface area (Å²) in [6.45, 7) is 0.481. The van der Waals surface area contributed by atoms with Gasteiger partial charge in [-0.15, -0.1) is 5.10 Å². The number of carbonyl (C=O) groups is 1. The van der Waals surface area contributed by atoms with Gasteiger partial charge in [0.15, 0.2) is 5.65 Å². The Balaban J connectivity index is 1.53. The van der Waals surface area contributed by atoms with E-state index in [1.54, 1.807) is 29.1 Å². The minimum atomic E-state index is -0.738. The number of fused-ring (bicyclic) bond motifs is 2. The number of pyridine rings is 2. The maximum absolute atomic E-state index is 14.0. The van der Waals surface area contributed by atoms with Gasteiger partial charge in [0.25, 0.3) is 0 Å². The number of benzene rings is 2. The molecule has 0 N–H and O–H groups in total. The molecule has 0 atom stereocenters. The average Bonchev–Trinajstić information content (AvgIpc) is 3.20. The molecule has 0 unspecified atom stereocenters. The molecule has 0 aliphatic rings. The highest BCUT2D eigenvalue weighted by molar-refractivity contribution is 5.91. The van der Waals surface area contributed by atoms with Crippen molar-refractivity contribution in [2.24, 2.45) is 0 Å². The highest BCUT2D eigenvalue weighted by Gasteiger charge is 2.15. The van der Waals surface area contributed by atoms with Crippen molar-refractivity contribution < 1.29 is 13.9 Å². The molecule has 3 heterocycles. The molecule has 0 aliphatic carbocycles. The lowest BCUT2D eigenvalue weighted by atomic mass is 10.1. The predicted molar refractivity (Wildman–Crippen MR) is 113 cm³/mol. The first-order valence-electron chi connectivity index (χ1n) is 9.54. The van der Waals surface area contributed by atoms with E-state index < -0.39 is 11.8 Å². The van der Waals surface area contributed by atoms with E-state index in [9.17, 15) is 9.18 Å². The number of rotatable bonds is 4. The SMILES string of the molecule is COC(=O)c1cc(-c2ccc3nnn(Cc4ccc5ncccc5c4)c3n2)ccc1F. The number of aromatic nitrogens is 5. The minimum absolute atomic E-state index is 0.140.